The number of amides is 1. The van der Waals surface area contributed by atoms with E-state index in [0.29, 0.717) is 13.2 Å². The van der Waals surface area contributed by atoms with Crippen molar-refractivity contribution in [1.29, 1.82) is 0 Å². The largest absolute Gasteiger partial charge is 0.467 e. The number of hydrogen-bond acceptors (Lipinski definition) is 5. The van der Waals surface area contributed by atoms with Gasteiger partial charge in [-0.05, 0) is 6.92 Å². The Bertz CT molecular complexity index is 244. The van der Waals surface area contributed by atoms with E-state index in [1.54, 1.807) is 6.92 Å². The van der Waals surface area contributed by atoms with Crippen molar-refractivity contribution in [3.63, 3.8) is 0 Å². The maximum absolute atomic E-state index is 11.5. The summed E-state index contributed by atoms with van der Waals surface area (Å²) in [6.07, 6.45) is -0.522. The summed E-state index contributed by atoms with van der Waals surface area (Å²) in [6, 6.07) is -0.645. The molecule has 1 aliphatic rings. The molecule has 1 heterocycles. The molecule has 94 valence electrons. The van der Waals surface area contributed by atoms with Gasteiger partial charge in [-0.3, -0.25) is 4.79 Å². The van der Waals surface area contributed by atoms with Crippen LogP contribution in [0.5, 0.6) is 0 Å². The van der Waals surface area contributed by atoms with Crippen molar-refractivity contribution in [3.05, 3.63) is 0 Å². The Morgan fingerprint density at radius 1 is 1.56 bits per heavy atom. The highest BCUT2D eigenvalue weighted by Crippen LogP contribution is 1.97. The van der Waals surface area contributed by atoms with Crippen molar-refractivity contribution < 1.29 is 19.1 Å². The van der Waals surface area contributed by atoms with Crippen LogP contribution in [-0.2, 0) is 19.1 Å². The average Bonchev–Trinajstić information content (AvgIpc) is 2.29. The molecular weight excluding hydrogens is 236 g/mol. The monoisotopic (exact) mass is 252 g/mol. The Balaban J connectivity index is 0.00000225. The van der Waals surface area contributed by atoms with Crippen LogP contribution >= 0.6 is 12.4 Å². The summed E-state index contributed by atoms with van der Waals surface area (Å²) in [5, 5.41) is 5.55. The molecule has 7 heteroatoms. The minimum Gasteiger partial charge on any atom is -0.467 e. The van der Waals surface area contributed by atoms with Gasteiger partial charge in [0.25, 0.3) is 5.91 Å². The molecule has 0 spiro atoms. The van der Waals surface area contributed by atoms with Gasteiger partial charge in [0.2, 0.25) is 0 Å². The van der Waals surface area contributed by atoms with Crippen molar-refractivity contribution in [3.8, 4) is 0 Å². The molecule has 1 saturated heterocycles. The van der Waals surface area contributed by atoms with Gasteiger partial charge < -0.3 is 20.1 Å². The lowest BCUT2D eigenvalue weighted by molar-refractivity contribution is -0.146. The number of methoxy groups -OCH3 is 1. The molecule has 1 fully saturated rings. The smallest absolute Gasteiger partial charge is 0.328 e. The van der Waals surface area contributed by atoms with Crippen molar-refractivity contribution in [1.82, 2.24) is 10.6 Å². The van der Waals surface area contributed by atoms with Crippen LogP contribution < -0.4 is 10.6 Å². The lowest BCUT2D eigenvalue weighted by atomic mass is 10.2. The highest BCUT2D eigenvalue weighted by molar-refractivity contribution is 5.86. The second-order valence-electron chi connectivity index (χ2n) is 3.32. The van der Waals surface area contributed by atoms with Gasteiger partial charge in [0.15, 0.2) is 0 Å². The van der Waals surface area contributed by atoms with Crippen LogP contribution in [0.25, 0.3) is 0 Å². The van der Waals surface area contributed by atoms with Gasteiger partial charge in [-0.25, -0.2) is 4.79 Å². The minimum absolute atomic E-state index is 0. The second-order valence-corrected chi connectivity index (χ2v) is 3.32. The van der Waals surface area contributed by atoms with Crippen molar-refractivity contribution in [2.45, 2.75) is 19.1 Å². The maximum Gasteiger partial charge on any atom is 0.328 e. The number of rotatable bonds is 3. The quantitative estimate of drug-likeness (QED) is 0.635. The van der Waals surface area contributed by atoms with E-state index in [0.717, 1.165) is 6.54 Å². The molecule has 2 N–H and O–H groups in total. The average molecular weight is 253 g/mol. The molecule has 6 nitrogen and oxygen atoms in total. The van der Waals surface area contributed by atoms with Crippen LogP contribution in [0.2, 0.25) is 0 Å². The fraction of sp³-hybridized carbons (Fsp3) is 0.778. The van der Waals surface area contributed by atoms with E-state index in [1.807, 2.05) is 0 Å². The van der Waals surface area contributed by atoms with Gasteiger partial charge in [0.05, 0.1) is 13.7 Å². The molecule has 0 aromatic heterocycles. The first-order valence-electron chi connectivity index (χ1n) is 4.85. The van der Waals surface area contributed by atoms with Crippen molar-refractivity contribution >= 4 is 24.3 Å². The fourth-order valence-corrected chi connectivity index (χ4v) is 1.28. The molecule has 16 heavy (non-hydrogen) atoms. The summed E-state index contributed by atoms with van der Waals surface area (Å²) in [6.45, 7) is 3.29. The van der Waals surface area contributed by atoms with Crippen LogP contribution in [0, 0.1) is 0 Å². The molecular formula is C9H17ClN2O4. The Morgan fingerprint density at radius 2 is 2.25 bits per heavy atom. The summed E-state index contributed by atoms with van der Waals surface area (Å²) >= 11 is 0. The SMILES string of the molecule is COC(=O)[C@@H](C)NC(=O)[C@@H]1CNCCO1.Cl. The van der Waals surface area contributed by atoms with E-state index in [9.17, 15) is 9.59 Å². The first-order chi connectivity index (χ1) is 7.15. The van der Waals surface area contributed by atoms with Crippen LogP contribution in [0.3, 0.4) is 0 Å². The molecule has 0 aromatic rings. The van der Waals surface area contributed by atoms with Crippen molar-refractivity contribution in [2.75, 3.05) is 26.8 Å². The summed E-state index contributed by atoms with van der Waals surface area (Å²) in [7, 11) is 1.28. The first kappa shape index (κ1) is 15.2. The number of morpholine rings is 1. The molecule has 1 aliphatic heterocycles. The number of halogens is 1. The molecule has 0 saturated carbocycles. The minimum atomic E-state index is -0.645. The van der Waals surface area contributed by atoms with E-state index in [2.05, 4.69) is 15.4 Å². The van der Waals surface area contributed by atoms with E-state index in [1.165, 1.54) is 7.11 Å². The van der Waals surface area contributed by atoms with E-state index < -0.39 is 18.1 Å². The standard InChI is InChI=1S/C9H16N2O4.ClH/c1-6(9(13)14-2)11-8(12)7-5-10-3-4-15-7;/h6-7,10H,3-5H2,1-2H3,(H,11,12);1H/t6-,7+;/m1./s1. The third kappa shape index (κ3) is 4.34. The van der Waals surface area contributed by atoms with Crippen LogP contribution in [0.4, 0.5) is 0 Å². The van der Waals surface area contributed by atoms with Gasteiger partial charge in [-0.15, -0.1) is 12.4 Å². The maximum atomic E-state index is 11.5. The first-order valence-corrected chi connectivity index (χ1v) is 4.85. The van der Waals surface area contributed by atoms with Gasteiger partial charge >= 0.3 is 5.97 Å². The highest BCUT2D eigenvalue weighted by atomic mass is 35.5. The number of carbonyl (C=O) groups excluding carboxylic acids is 2. The number of carbonyl (C=O) groups is 2. The molecule has 0 unspecified atom stereocenters. The summed E-state index contributed by atoms with van der Waals surface area (Å²) < 4.78 is 9.72. The zero-order valence-corrected chi connectivity index (χ0v) is 10.1. The van der Waals surface area contributed by atoms with Crippen LogP contribution in [-0.4, -0.2) is 50.8 Å². The predicted molar refractivity (Wildman–Crippen MR) is 59.5 cm³/mol. The topological polar surface area (TPSA) is 76.7 Å². The second kappa shape index (κ2) is 7.43. The number of ether oxygens (including phenoxy) is 2. The summed E-state index contributed by atoms with van der Waals surface area (Å²) in [5.41, 5.74) is 0. The van der Waals surface area contributed by atoms with Gasteiger partial charge in [0.1, 0.15) is 12.1 Å². The number of esters is 1. The molecule has 0 aromatic carbocycles. The van der Waals surface area contributed by atoms with Crippen LogP contribution in [0.15, 0.2) is 0 Å². The Hall–Kier alpha value is -0.850. The van der Waals surface area contributed by atoms with Crippen molar-refractivity contribution in [2.24, 2.45) is 0 Å². The van der Waals surface area contributed by atoms with Gasteiger partial charge in [0, 0.05) is 13.1 Å². The van der Waals surface area contributed by atoms with E-state index in [4.69, 9.17) is 4.74 Å². The number of hydrogen-bond donors (Lipinski definition) is 2. The summed E-state index contributed by atoms with van der Waals surface area (Å²) in [4.78, 5) is 22.6. The summed E-state index contributed by atoms with van der Waals surface area (Å²) in [5.74, 6) is -0.757. The fourth-order valence-electron chi connectivity index (χ4n) is 1.28. The molecule has 2 atom stereocenters. The lowest BCUT2D eigenvalue weighted by Gasteiger charge is -2.23. The molecule has 0 aliphatic carbocycles. The Morgan fingerprint density at radius 3 is 2.75 bits per heavy atom. The highest BCUT2D eigenvalue weighted by Gasteiger charge is 2.25. The zero-order valence-electron chi connectivity index (χ0n) is 9.32. The Kier molecular flexibility index (Phi) is 7.03. The molecule has 0 radical (unpaired) electrons. The van der Waals surface area contributed by atoms with E-state index >= 15 is 0 Å². The lowest BCUT2D eigenvalue weighted by Crippen LogP contribution is -2.51. The van der Waals surface area contributed by atoms with E-state index in [-0.39, 0.29) is 18.3 Å². The number of nitrogens with one attached hydrogen (secondary N) is 2. The zero-order chi connectivity index (χ0) is 11.3. The van der Waals surface area contributed by atoms with Gasteiger partial charge in [-0.2, -0.15) is 0 Å². The third-order valence-electron chi connectivity index (χ3n) is 2.13. The molecule has 1 amide bonds. The molecule has 1 rings (SSSR count). The van der Waals surface area contributed by atoms with Gasteiger partial charge in [-0.1, -0.05) is 0 Å². The third-order valence-corrected chi connectivity index (χ3v) is 2.13. The normalized spacial score (nSPS) is 21.5. The molecule has 0 bridgehead atoms. The Labute approximate surface area is 100 Å². The predicted octanol–water partition coefficient (Wildman–Crippen LogP) is -0.926. The van der Waals surface area contributed by atoms with Crippen LogP contribution in [0.1, 0.15) is 6.92 Å².